The van der Waals surface area contributed by atoms with Gasteiger partial charge >= 0.3 is 0 Å². The van der Waals surface area contributed by atoms with Gasteiger partial charge in [-0.1, -0.05) is 0 Å². The molecule has 3 rings (SSSR count). The van der Waals surface area contributed by atoms with Crippen LogP contribution in [-0.2, 0) is 10.0 Å². The maximum Gasteiger partial charge on any atom is 0.244 e. The first-order chi connectivity index (χ1) is 12.4. The van der Waals surface area contributed by atoms with Gasteiger partial charge in [-0.15, -0.1) is 0 Å². The van der Waals surface area contributed by atoms with Gasteiger partial charge in [-0.2, -0.15) is 4.31 Å². The number of ketones is 1. The number of carbonyl (C=O) groups is 1. The molecule has 0 aliphatic carbocycles. The zero-order valence-electron chi connectivity index (χ0n) is 14.9. The highest BCUT2D eigenvalue weighted by molar-refractivity contribution is 7.89. The highest BCUT2D eigenvalue weighted by Gasteiger charge is 2.34. The number of aromatic nitrogens is 1. The first-order valence-corrected chi connectivity index (χ1v) is 9.96. The number of carbonyl (C=O) groups excluding carboxylic acids is 1. The van der Waals surface area contributed by atoms with Crippen LogP contribution in [0.1, 0.15) is 28.8 Å². The molecular formula is C19H22N2O4S. The monoisotopic (exact) mass is 374 g/mol. The van der Waals surface area contributed by atoms with E-state index < -0.39 is 10.0 Å². The standard InChI is InChI=1S/C19H22N2O4S/c1-14-11-16(25-2)7-8-18(14)19(22)15-5-4-10-21(13-15)26(23,24)17-6-3-9-20-12-17/h3,6-9,11-12,15H,4-5,10,13H2,1-2H3/t15-/m1/s1. The molecule has 1 aliphatic heterocycles. The normalized spacial score (nSPS) is 18.5. The molecule has 1 fully saturated rings. The lowest BCUT2D eigenvalue weighted by Crippen LogP contribution is -2.42. The maximum atomic E-state index is 13.0. The van der Waals surface area contributed by atoms with Crippen molar-refractivity contribution in [3.8, 4) is 5.75 Å². The average Bonchev–Trinajstić information content (AvgIpc) is 2.68. The number of piperidine rings is 1. The van der Waals surface area contributed by atoms with E-state index in [9.17, 15) is 13.2 Å². The number of hydrogen-bond donors (Lipinski definition) is 0. The highest BCUT2D eigenvalue weighted by atomic mass is 32.2. The second kappa shape index (κ2) is 7.55. The number of nitrogens with zero attached hydrogens (tertiary/aromatic N) is 2. The molecule has 2 heterocycles. The van der Waals surface area contributed by atoms with Crippen LogP contribution in [-0.4, -0.2) is 43.7 Å². The van der Waals surface area contributed by atoms with E-state index in [0.29, 0.717) is 30.7 Å². The molecule has 0 radical (unpaired) electrons. The third-order valence-electron chi connectivity index (χ3n) is 4.73. The third kappa shape index (κ3) is 3.64. The Labute approximate surface area is 153 Å². The van der Waals surface area contributed by atoms with Gasteiger partial charge in [0, 0.05) is 37.0 Å². The molecule has 138 valence electrons. The second-order valence-electron chi connectivity index (χ2n) is 6.44. The SMILES string of the molecule is COc1ccc(C(=O)[C@@H]2CCCN(S(=O)(=O)c3cccnc3)C2)c(C)c1. The van der Waals surface area contributed by atoms with E-state index in [-0.39, 0.29) is 23.1 Å². The number of methoxy groups -OCH3 is 1. The molecule has 0 spiro atoms. The van der Waals surface area contributed by atoms with Crippen molar-refractivity contribution in [3.63, 3.8) is 0 Å². The number of benzene rings is 1. The van der Waals surface area contributed by atoms with Gasteiger partial charge in [0.25, 0.3) is 0 Å². The molecule has 0 unspecified atom stereocenters. The number of aryl methyl sites for hydroxylation is 1. The van der Waals surface area contributed by atoms with E-state index in [2.05, 4.69) is 4.98 Å². The minimum Gasteiger partial charge on any atom is -0.497 e. The van der Waals surface area contributed by atoms with Crippen molar-refractivity contribution in [2.24, 2.45) is 5.92 Å². The summed E-state index contributed by atoms with van der Waals surface area (Å²) in [7, 11) is -2.05. The molecule has 1 atom stereocenters. The van der Waals surface area contributed by atoms with E-state index >= 15 is 0 Å². The number of pyridine rings is 1. The maximum absolute atomic E-state index is 13.0. The van der Waals surface area contributed by atoms with E-state index in [0.717, 1.165) is 5.56 Å². The van der Waals surface area contributed by atoms with Crippen LogP contribution in [0.2, 0.25) is 0 Å². The topological polar surface area (TPSA) is 76.6 Å². The van der Waals surface area contributed by atoms with Crippen molar-refractivity contribution in [2.75, 3.05) is 20.2 Å². The van der Waals surface area contributed by atoms with Gasteiger partial charge in [-0.05, 0) is 55.7 Å². The van der Waals surface area contributed by atoms with Gasteiger partial charge in [0.15, 0.2) is 5.78 Å². The number of Topliss-reactive ketones (excluding diaryl/α,β-unsaturated/α-hetero) is 1. The summed E-state index contributed by atoms with van der Waals surface area (Å²) in [6, 6.07) is 8.46. The number of rotatable bonds is 5. The Balaban J connectivity index is 1.81. The Morgan fingerprint density at radius 2 is 2.12 bits per heavy atom. The molecule has 26 heavy (non-hydrogen) atoms. The van der Waals surface area contributed by atoms with Gasteiger partial charge in [0.1, 0.15) is 10.6 Å². The first kappa shape index (κ1) is 18.5. The van der Waals surface area contributed by atoms with Crippen LogP contribution in [0, 0.1) is 12.8 Å². The lowest BCUT2D eigenvalue weighted by atomic mass is 9.89. The fourth-order valence-corrected chi connectivity index (χ4v) is 4.77. The van der Waals surface area contributed by atoms with Gasteiger partial charge in [0.2, 0.25) is 10.0 Å². The van der Waals surface area contributed by atoms with E-state index in [4.69, 9.17) is 4.74 Å². The number of sulfonamides is 1. The summed E-state index contributed by atoms with van der Waals surface area (Å²) >= 11 is 0. The molecule has 0 bridgehead atoms. The fourth-order valence-electron chi connectivity index (χ4n) is 3.28. The predicted octanol–water partition coefficient (Wildman–Crippen LogP) is 2.68. The average molecular weight is 374 g/mol. The van der Waals surface area contributed by atoms with Crippen LogP contribution in [0.5, 0.6) is 5.75 Å². The van der Waals surface area contributed by atoms with Crippen LogP contribution < -0.4 is 4.74 Å². The van der Waals surface area contributed by atoms with Crippen molar-refractivity contribution in [1.82, 2.24) is 9.29 Å². The Kier molecular flexibility index (Phi) is 5.38. The Morgan fingerprint density at radius 1 is 1.31 bits per heavy atom. The Morgan fingerprint density at radius 3 is 2.77 bits per heavy atom. The van der Waals surface area contributed by atoms with Crippen LogP contribution in [0.15, 0.2) is 47.6 Å². The third-order valence-corrected chi connectivity index (χ3v) is 6.57. The summed E-state index contributed by atoms with van der Waals surface area (Å²) in [6.45, 7) is 2.48. The Bertz CT molecular complexity index is 897. The van der Waals surface area contributed by atoms with Gasteiger partial charge < -0.3 is 4.74 Å². The van der Waals surface area contributed by atoms with Crippen molar-refractivity contribution in [1.29, 1.82) is 0 Å². The van der Waals surface area contributed by atoms with Gasteiger partial charge in [-0.25, -0.2) is 8.42 Å². The summed E-state index contributed by atoms with van der Waals surface area (Å²) in [6.07, 6.45) is 4.22. The molecule has 1 aromatic carbocycles. The molecular weight excluding hydrogens is 352 g/mol. The predicted molar refractivity (Wildman–Crippen MR) is 97.8 cm³/mol. The van der Waals surface area contributed by atoms with Crippen molar-refractivity contribution >= 4 is 15.8 Å². The zero-order valence-corrected chi connectivity index (χ0v) is 15.7. The molecule has 0 N–H and O–H groups in total. The number of ether oxygens (including phenoxy) is 1. The van der Waals surface area contributed by atoms with Gasteiger partial charge in [-0.3, -0.25) is 9.78 Å². The molecule has 1 aliphatic rings. The van der Waals surface area contributed by atoms with Gasteiger partial charge in [0.05, 0.1) is 7.11 Å². The van der Waals surface area contributed by atoms with E-state index in [1.165, 1.54) is 22.8 Å². The largest absolute Gasteiger partial charge is 0.497 e. The lowest BCUT2D eigenvalue weighted by molar-refractivity contribution is 0.0871. The fraction of sp³-hybridized carbons (Fsp3) is 0.368. The summed E-state index contributed by atoms with van der Waals surface area (Å²) in [4.78, 5) is 17.0. The zero-order chi connectivity index (χ0) is 18.7. The molecule has 7 heteroatoms. The Hall–Kier alpha value is -2.25. The van der Waals surface area contributed by atoms with Crippen LogP contribution in [0.4, 0.5) is 0 Å². The molecule has 1 saturated heterocycles. The molecule has 0 saturated carbocycles. The number of hydrogen-bond acceptors (Lipinski definition) is 5. The van der Waals surface area contributed by atoms with Crippen molar-refractivity contribution in [2.45, 2.75) is 24.7 Å². The van der Waals surface area contributed by atoms with Crippen LogP contribution >= 0.6 is 0 Å². The molecule has 6 nitrogen and oxygen atoms in total. The quantitative estimate of drug-likeness (QED) is 0.752. The van der Waals surface area contributed by atoms with E-state index in [1.807, 2.05) is 13.0 Å². The lowest BCUT2D eigenvalue weighted by Gasteiger charge is -2.31. The summed E-state index contributed by atoms with van der Waals surface area (Å²) in [5.41, 5.74) is 1.46. The minimum absolute atomic E-state index is 0.0174. The highest BCUT2D eigenvalue weighted by Crippen LogP contribution is 2.27. The summed E-state index contributed by atoms with van der Waals surface area (Å²) in [5.74, 6) is 0.335. The molecule has 0 amide bonds. The summed E-state index contributed by atoms with van der Waals surface area (Å²) < 4.78 is 32.2. The van der Waals surface area contributed by atoms with Crippen LogP contribution in [0.3, 0.4) is 0 Å². The molecule has 2 aromatic rings. The van der Waals surface area contributed by atoms with Crippen molar-refractivity contribution < 1.29 is 17.9 Å². The van der Waals surface area contributed by atoms with Crippen LogP contribution in [0.25, 0.3) is 0 Å². The van der Waals surface area contributed by atoms with E-state index in [1.54, 1.807) is 25.3 Å². The smallest absolute Gasteiger partial charge is 0.244 e. The van der Waals surface area contributed by atoms with Crippen molar-refractivity contribution in [3.05, 3.63) is 53.9 Å². The summed E-state index contributed by atoms with van der Waals surface area (Å²) in [5, 5.41) is 0. The second-order valence-corrected chi connectivity index (χ2v) is 8.37. The minimum atomic E-state index is -3.63. The first-order valence-electron chi connectivity index (χ1n) is 8.52. The molecule has 1 aromatic heterocycles.